The minimum Gasteiger partial charge on any atom is -0.369 e. The Balaban J connectivity index is 2.42. The Hall–Kier alpha value is -1.34. The third kappa shape index (κ3) is 3.19. The SMILES string of the molecule is CCCOCc1[nH]cc[n+]1CCC#N. The third-order valence-corrected chi connectivity index (χ3v) is 1.90. The Morgan fingerprint density at radius 1 is 1.64 bits per heavy atom. The molecule has 0 radical (unpaired) electrons. The summed E-state index contributed by atoms with van der Waals surface area (Å²) in [6, 6.07) is 2.12. The molecule has 0 unspecified atom stereocenters. The summed E-state index contributed by atoms with van der Waals surface area (Å²) in [6.45, 7) is 4.17. The second-order valence-electron chi connectivity index (χ2n) is 3.06. The number of aromatic amines is 1. The first-order chi connectivity index (χ1) is 6.88. The molecule has 14 heavy (non-hydrogen) atoms. The van der Waals surface area contributed by atoms with E-state index >= 15 is 0 Å². The number of nitriles is 1. The second-order valence-corrected chi connectivity index (χ2v) is 3.06. The quantitative estimate of drug-likeness (QED) is 0.545. The maximum Gasteiger partial charge on any atom is 0.280 e. The average molecular weight is 194 g/mol. The van der Waals surface area contributed by atoms with Gasteiger partial charge in [-0.3, -0.25) is 0 Å². The zero-order valence-electron chi connectivity index (χ0n) is 8.49. The predicted molar refractivity (Wildman–Crippen MR) is 51.2 cm³/mol. The normalized spacial score (nSPS) is 10.0. The first-order valence-electron chi connectivity index (χ1n) is 4.89. The van der Waals surface area contributed by atoms with Crippen molar-refractivity contribution < 1.29 is 9.30 Å². The molecule has 0 aliphatic carbocycles. The molecule has 1 heterocycles. The van der Waals surface area contributed by atoms with Crippen molar-refractivity contribution in [1.29, 1.82) is 5.26 Å². The molecule has 0 aromatic carbocycles. The number of nitrogens with zero attached hydrogens (tertiary/aromatic N) is 2. The van der Waals surface area contributed by atoms with Gasteiger partial charge in [-0.25, -0.2) is 9.55 Å². The smallest absolute Gasteiger partial charge is 0.280 e. The van der Waals surface area contributed by atoms with Crippen molar-refractivity contribution in [3.63, 3.8) is 0 Å². The molecule has 0 amide bonds. The van der Waals surface area contributed by atoms with E-state index in [4.69, 9.17) is 10.00 Å². The topological polar surface area (TPSA) is 52.7 Å². The molecule has 1 aromatic heterocycles. The van der Waals surface area contributed by atoms with E-state index in [9.17, 15) is 0 Å². The van der Waals surface area contributed by atoms with Crippen LogP contribution in [0.2, 0.25) is 0 Å². The van der Waals surface area contributed by atoms with Crippen LogP contribution in [0.4, 0.5) is 0 Å². The van der Waals surface area contributed by atoms with Crippen molar-refractivity contribution in [2.45, 2.75) is 32.9 Å². The molecule has 4 heteroatoms. The van der Waals surface area contributed by atoms with Crippen molar-refractivity contribution in [2.24, 2.45) is 0 Å². The number of aromatic nitrogens is 2. The molecule has 76 valence electrons. The van der Waals surface area contributed by atoms with Crippen LogP contribution in [0.5, 0.6) is 0 Å². The lowest BCUT2D eigenvalue weighted by atomic mass is 10.4. The summed E-state index contributed by atoms with van der Waals surface area (Å²) >= 11 is 0. The van der Waals surface area contributed by atoms with Crippen LogP contribution in [0.25, 0.3) is 0 Å². The highest BCUT2D eigenvalue weighted by atomic mass is 16.5. The van der Waals surface area contributed by atoms with Gasteiger partial charge >= 0.3 is 0 Å². The zero-order valence-corrected chi connectivity index (χ0v) is 8.49. The van der Waals surface area contributed by atoms with E-state index < -0.39 is 0 Å². The van der Waals surface area contributed by atoms with Crippen molar-refractivity contribution in [3.8, 4) is 6.07 Å². The summed E-state index contributed by atoms with van der Waals surface area (Å²) in [5.41, 5.74) is 0. The number of hydrogen-bond acceptors (Lipinski definition) is 2. The molecule has 1 rings (SSSR count). The lowest BCUT2D eigenvalue weighted by Crippen LogP contribution is -2.36. The molecular weight excluding hydrogens is 178 g/mol. The van der Waals surface area contributed by atoms with Gasteiger partial charge in [0, 0.05) is 6.61 Å². The number of aryl methyl sites for hydroxylation is 1. The van der Waals surface area contributed by atoms with Crippen LogP contribution in [0, 0.1) is 11.3 Å². The van der Waals surface area contributed by atoms with Crippen molar-refractivity contribution >= 4 is 0 Å². The molecule has 0 aliphatic rings. The average Bonchev–Trinajstić information content (AvgIpc) is 2.63. The van der Waals surface area contributed by atoms with E-state index in [0.29, 0.717) is 13.0 Å². The van der Waals surface area contributed by atoms with Gasteiger partial charge < -0.3 is 4.74 Å². The second kappa shape index (κ2) is 6.17. The Morgan fingerprint density at radius 3 is 3.21 bits per heavy atom. The number of ether oxygens (including phenoxy) is 1. The molecule has 0 bridgehead atoms. The molecule has 0 spiro atoms. The van der Waals surface area contributed by atoms with Gasteiger partial charge in [-0.15, -0.1) is 0 Å². The summed E-state index contributed by atoms with van der Waals surface area (Å²) in [5.74, 6) is 1.02. The highest BCUT2D eigenvalue weighted by molar-refractivity contribution is 4.75. The molecule has 1 N–H and O–H groups in total. The van der Waals surface area contributed by atoms with Gasteiger partial charge in [0.15, 0.2) is 0 Å². The van der Waals surface area contributed by atoms with Gasteiger partial charge in [-0.1, -0.05) is 6.92 Å². The fourth-order valence-electron chi connectivity index (χ4n) is 1.21. The Kier molecular flexibility index (Phi) is 4.73. The van der Waals surface area contributed by atoms with Crippen LogP contribution in [0.15, 0.2) is 12.4 Å². The van der Waals surface area contributed by atoms with E-state index in [-0.39, 0.29) is 0 Å². The Morgan fingerprint density at radius 2 is 2.50 bits per heavy atom. The molecule has 1 aromatic rings. The molecular formula is C10H16N3O+. The maximum atomic E-state index is 8.47. The molecule has 0 aliphatic heterocycles. The lowest BCUT2D eigenvalue weighted by molar-refractivity contribution is -0.703. The first-order valence-corrected chi connectivity index (χ1v) is 4.89. The molecule has 0 saturated carbocycles. The molecule has 0 saturated heterocycles. The van der Waals surface area contributed by atoms with Crippen LogP contribution >= 0.6 is 0 Å². The third-order valence-electron chi connectivity index (χ3n) is 1.90. The summed E-state index contributed by atoms with van der Waals surface area (Å²) in [4.78, 5) is 3.10. The Labute approximate surface area is 84.1 Å². The minimum absolute atomic E-state index is 0.531. The highest BCUT2D eigenvalue weighted by Gasteiger charge is 2.09. The zero-order chi connectivity index (χ0) is 10.2. The number of rotatable bonds is 6. The van der Waals surface area contributed by atoms with Crippen molar-refractivity contribution in [2.75, 3.05) is 6.61 Å². The van der Waals surface area contributed by atoms with Gasteiger partial charge in [0.2, 0.25) is 0 Å². The monoisotopic (exact) mass is 194 g/mol. The van der Waals surface area contributed by atoms with E-state index in [1.165, 1.54) is 0 Å². The summed E-state index contributed by atoms with van der Waals surface area (Å²) < 4.78 is 7.43. The highest BCUT2D eigenvalue weighted by Crippen LogP contribution is 1.92. The molecule has 4 nitrogen and oxygen atoms in total. The van der Waals surface area contributed by atoms with Gasteiger partial charge in [-0.2, -0.15) is 5.26 Å². The van der Waals surface area contributed by atoms with Gasteiger partial charge in [0.25, 0.3) is 5.82 Å². The molecule has 0 atom stereocenters. The van der Waals surface area contributed by atoms with E-state index in [1.54, 1.807) is 0 Å². The van der Waals surface area contributed by atoms with E-state index in [0.717, 1.165) is 25.4 Å². The fraction of sp³-hybridized carbons (Fsp3) is 0.600. The minimum atomic E-state index is 0.531. The van der Waals surface area contributed by atoms with Crippen LogP contribution in [0.3, 0.4) is 0 Å². The van der Waals surface area contributed by atoms with E-state index in [2.05, 4.69) is 18.0 Å². The van der Waals surface area contributed by atoms with Gasteiger partial charge in [-0.05, 0) is 6.42 Å². The first kappa shape index (κ1) is 10.7. The summed E-state index contributed by atoms with van der Waals surface area (Å²) in [7, 11) is 0. The standard InChI is InChI=1S/C10H15N3O/c1-2-8-14-9-10-12-5-7-13(10)6-3-4-11/h5,7H,2-3,6,8-9H2,1H3/p+1. The van der Waals surface area contributed by atoms with Crippen LogP contribution in [0.1, 0.15) is 25.6 Å². The predicted octanol–water partition coefficient (Wildman–Crippen LogP) is 1.14. The van der Waals surface area contributed by atoms with E-state index in [1.807, 2.05) is 17.0 Å². The Bertz CT molecular complexity index is 301. The fourth-order valence-corrected chi connectivity index (χ4v) is 1.21. The van der Waals surface area contributed by atoms with Gasteiger partial charge in [0.05, 0.1) is 12.5 Å². The van der Waals surface area contributed by atoms with Crippen LogP contribution in [-0.2, 0) is 17.9 Å². The maximum absolute atomic E-state index is 8.47. The largest absolute Gasteiger partial charge is 0.369 e. The number of hydrogen-bond donors (Lipinski definition) is 1. The van der Waals surface area contributed by atoms with Crippen LogP contribution < -0.4 is 4.57 Å². The molecule has 0 fully saturated rings. The summed E-state index contributed by atoms with van der Waals surface area (Å²) in [6.07, 6.45) is 5.35. The summed E-state index contributed by atoms with van der Waals surface area (Å²) in [5, 5.41) is 8.47. The number of imidazole rings is 1. The van der Waals surface area contributed by atoms with Crippen molar-refractivity contribution in [3.05, 3.63) is 18.2 Å². The number of nitrogens with one attached hydrogen (secondary N) is 1. The van der Waals surface area contributed by atoms with Crippen molar-refractivity contribution in [1.82, 2.24) is 4.98 Å². The number of H-pyrrole nitrogens is 1. The van der Waals surface area contributed by atoms with Crippen LogP contribution in [-0.4, -0.2) is 11.6 Å². The lowest BCUT2D eigenvalue weighted by Gasteiger charge is -1.99. The van der Waals surface area contributed by atoms with Gasteiger partial charge in [0.1, 0.15) is 25.5 Å².